The molecular weight excluding hydrogens is 194 g/mol. The molecule has 0 aromatic carbocycles. The topological polar surface area (TPSA) is 67.0 Å². The average molecular weight is 211 g/mol. The van der Waals surface area contributed by atoms with Crippen LogP contribution in [0.2, 0.25) is 0 Å². The number of hydrogen-bond acceptors (Lipinski definition) is 3. The molecular formula is C10H17N3O2. The third-order valence-electron chi connectivity index (χ3n) is 1.93. The largest absolute Gasteiger partial charge is 0.382 e. The van der Waals surface area contributed by atoms with Crippen molar-refractivity contribution in [3.63, 3.8) is 0 Å². The van der Waals surface area contributed by atoms with Crippen LogP contribution in [-0.4, -0.2) is 29.3 Å². The fourth-order valence-electron chi connectivity index (χ4n) is 1.14. The van der Waals surface area contributed by atoms with Gasteiger partial charge in [0.25, 0.3) is 0 Å². The van der Waals surface area contributed by atoms with E-state index in [0.717, 1.165) is 12.1 Å². The number of hydrogen-bond donors (Lipinski definition) is 2. The molecule has 5 nitrogen and oxygen atoms in total. The molecule has 5 heteroatoms. The van der Waals surface area contributed by atoms with Gasteiger partial charge in [0.2, 0.25) is 5.91 Å². The van der Waals surface area contributed by atoms with Crippen LogP contribution in [0.15, 0.2) is 12.3 Å². The zero-order valence-corrected chi connectivity index (χ0v) is 8.95. The molecule has 84 valence electrons. The Morgan fingerprint density at radius 1 is 1.67 bits per heavy atom. The van der Waals surface area contributed by atoms with Crippen LogP contribution in [0.1, 0.15) is 25.5 Å². The molecule has 0 atom stereocenters. The molecule has 0 aliphatic rings. The Bertz CT molecular complexity index is 272. The van der Waals surface area contributed by atoms with Crippen molar-refractivity contribution in [1.82, 2.24) is 15.5 Å². The number of H-pyrrole nitrogens is 1. The molecule has 0 radical (unpaired) electrons. The zero-order chi connectivity index (χ0) is 10.9. The van der Waals surface area contributed by atoms with E-state index in [9.17, 15) is 4.79 Å². The van der Waals surface area contributed by atoms with Gasteiger partial charge in [0, 0.05) is 25.8 Å². The molecule has 1 amide bonds. The van der Waals surface area contributed by atoms with Gasteiger partial charge in [0.15, 0.2) is 0 Å². The van der Waals surface area contributed by atoms with Crippen molar-refractivity contribution in [2.45, 2.75) is 26.3 Å². The maximum absolute atomic E-state index is 11.3. The summed E-state index contributed by atoms with van der Waals surface area (Å²) in [4.78, 5) is 11.3. The van der Waals surface area contributed by atoms with Crippen molar-refractivity contribution < 1.29 is 9.53 Å². The van der Waals surface area contributed by atoms with E-state index in [0.29, 0.717) is 26.2 Å². The standard InChI is InChI=1S/C10H17N3O2/c1-2-15-7-3-4-10(14)11-8-9-5-6-12-13-9/h5-6H,2-4,7-8H2,1H3,(H,11,14)(H,12,13). The molecule has 0 bridgehead atoms. The normalized spacial score (nSPS) is 10.2. The number of rotatable bonds is 7. The minimum absolute atomic E-state index is 0.0457. The first-order valence-electron chi connectivity index (χ1n) is 5.15. The Hall–Kier alpha value is -1.36. The molecule has 0 saturated heterocycles. The molecule has 1 aromatic heterocycles. The minimum Gasteiger partial charge on any atom is -0.382 e. The highest BCUT2D eigenvalue weighted by Gasteiger charge is 2.01. The van der Waals surface area contributed by atoms with Gasteiger partial charge in [-0.05, 0) is 19.4 Å². The fourth-order valence-corrected chi connectivity index (χ4v) is 1.14. The number of nitrogens with one attached hydrogen (secondary N) is 2. The van der Waals surface area contributed by atoms with Gasteiger partial charge in [-0.15, -0.1) is 0 Å². The van der Waals surface area contributed by atoms with E-state index in [4.69, 9.17) is 4.74 Å². The predicted octanol–water partition coefficient (Wildman–Crippen LogP) is 0.843. The van der Waals surface area contributed by atoms with E-state index < -0.39 is 0 Å². The molecule has 0 unspecified atom stereocenters. The summed E-state index contributed by atoms with van der Waals surface area (Å²) in [6.07, 6.45) is 2.94. The molecule has 15 heavy (non-hydrogen) atoms. The summed E-state index contributed by atoms with van der Waals surface area (Å²) in [5, 5.41) is 9.37. The van der Waals surface area contributed by atoms with Crippen molar-refractivity contribution >= 4 is 5.91 Å². The second-order valence-electron chi connectivity index (χ2n) is 3.16. The van der Waals surface area contributed by atoms with Crippen LogP contribution in [0.4, 0.5) is 0 Å². The first kappa shape index (κ1) is 11.7. The summed E-state index contributed by atoms with van der Waals surface area (Å²) in [5.74, 6) is 0.0457. The van der Waals surface area contributed by atoms with Crippen LogP contribution in [0.3, 0.4) is 0 Å². The SMILES string of the molecule is CCOCCCC(=O)NCc1ccn[nH]1. The Labute approximate surface area is 89.2 Å². The van der Waals surface area contributed by atoms with E-state index in [1.807, 2.05) is 13.0 Å². The Balaban J connectivity index is 2.04. The number of nitrogens with zero attached hydrogens (tertiary/aromatic N) is 1. The van der Waals surface area contributed by atoms with Crippen molar-refractivity contribution in [3.8, 4) is 0 Å². The number of amides is 1. The van der Waals surface area contributed by atoms with Gasteiger partial charge in [-0.1, -0.05) is 0 Å². The average Bonchev–Trinajstić information content (AvgIpc) is 2.74. The van der Waals surface area contributed by atoms with Gasteiger partial charge < -0.3 is 10.1 Å². The van der Waals surface area contributed by atoms with Gasteiger partial charge in [0.05, 0.1) is 12.2 Å². The van der Waals surface area contributed by atoms with E-state index >= 15 is 0 Å². The first-order valence-corrected chi connectivity index (χ1v) is 5.15. The summed E-state index contributed by atoms with van der Waals surface area (Å²) >= 11 is 0. The van der Waals surface area contributed by atoms with Crippen LogP contribution >= 0.6 is 0 Å². The molecule has 1 heterocycles. The van der Waals surface area contributed by atoms with Gasteiger partial charge in [-0.25, -0.2) is 0 Å². The van der Waals surface area contributed by atoms with Crippen LogP contribution in [0.25, 0.3) is 0 Å². The summed E-state index contributed by atoms with van der Waals surface area (Å²) in [6.45, 7) is 3.80. The van der Waals surface area contributed by atoms with E-state index in [2.05, 4.69) is 15.5 Å². The molecule has 0 aliphatic carbocycles. The summed E-state index contributed by atoms with van der Waals surface area (Å²) < 4.78 is 5.14. The van der Waals surface area contributed by atoms with Crippen LogP contribution < -0.4 is 5.32 Å². The molecule has 0 aliphatic heterocycles. The van der Waals surface area contributed by atoms with E-state index in [1.165, 1.54) is 0 Å². The lowest BCUT2D eigenvalue weighted by atomic mass is 10.3. The van der Waals surface area contributed by atoms with Gasteiger partial charge in [-0.3, -0.25) is 9.89 Å². The highest BCUT2D eigenvalue weighted by Crippen LogP contribution is 1.93. The zero-order valence-electron chi connectivity index (χ0n) is 8.95. The second kappa shape index (κ2) is 7.00. The van der Waals surface area contributed by atoms with Crippen LogP contribution in [0, 0.1) is 0 Å². The summed E-state index contributed by atoms with van der Waals surface area (Å²) in [7, 11) is 0. The van der Waals surface area contributed by atoms with Gasteiger partial charge in [0.1, 0.15) is 0 Å². The predicted molar refractivity (Wildman–Crippen MR) is 56.2 cm³/mol. The molecule has 0 spiro atoms. The number of carbonyl (C=O) groups is 1. The third kappa shape index (κ3) is 5.17. The fraction of sp³-hybridized carbons (Fsp3) is 0.600. The minimum atomic E-state index is 0.0457. The van der Waals surface area contributed by atoms with E-state index in [1.54, 1.807) is 6.20 Å². The summed E-state index contributed by atoms with van der Waals surface area (Å²) in [6, 6.07) is 1.83. The van der Waals surface area contributed by atoms with E-state index in [-0.39, 0.29) is 5.91 Å². The Morgan fingerprint density at radius 3 is 3.20 bits per heavy atom. The Kier molecular flexibility index (Phi) is 5.47. The monoisotopic (exact) mass is 211 g/mol. The highest BCUT2D eigenvalue weighted by molar-refractivity contribution is 5.75. The number of aromatic nitrogens is 2. The van der Waals surface area contributed by atoms with Gasteiger partial charge in [-0.2, -0.15) is 5.10 Å². The molecule has 2 N–H and O–H groups in total. The van der Waals surface area contributed by atoms with Gasteiger partial charge >= 0.3 is 0 Å². The quantitative estimate of drug-likeness (QED) is 0.657. The smallest absolute Gasteiger partial charge is 0.220 e. The summed E-state index contributed by atoms with van der Waals surface area (Å²) in [5.41, 5.74) is 0.910. The lowest BCUT2D eigenvalue weighted by Crippen LogP contribution is -2.22. The first-order chi connectivity index (χ1) is 7.33. The lowest BCUT2D eigenvalue weighted by molar-refractivity contribution is -0.121. The van der Waals surface area contributed by atoms with Crippen molar-refractivity contribution in [2.75, 3.05) is 13.2 Å². The molecule has 1 rings (SSSR count). The van der Waals surface area contributed by atoms with Crippen molar-refractivity contribution in [2.24, 2.45) is 0 Å². The maximum atomic E-state index is 11.3. The number of aromatic amines is 1. The van der Waals surface area contributed by atoms with Crippen molar-refractivity contribution in [1.29, 1.82) is 0 Å². The lowest BCUT2D eigenvalue weighted by Gasteiger charge is -2.03. The van der Waals surface area contributed by atoms with Crippen LogP contribution in [-0.2, 0) is 16.1 Å². The number of carbonyl (C=O) groups excluding carboxylic acids is 1. The van der Waals surface area contributed by atoms with Crippen molar-refractivity contribution in [3.05, 3.63) is 18.0 Å². The Morgan fingerprint density at radius 2 is 2.53 bits per heavy atom. The molecule has 1 aromatic rings. The number of ether oxygens (including phenoxy) is 1. The maximum Gasteiger partial charge on any atom is 0.220 e. The second-order valence-corrected chi connectivity index (χ2v) is 3.16. The molecule has 0 fully saturated rings. The van der Waals surface area contributed by atoms with Crippen LogP contribution in [0.5, 0.6) is 0 Å². The third-order valence-corrected chi connectivity index (χ3v) is 1.93. The highest BCUT2D eigenvalue weighted by atomic mass is 16.5. The molecule has 0 saturated carbocycles.